The van der Waals surface area contributed by atoms with E-state index in [2.05, 4.69) is 12.2 Å². The molecule has 1 atom stereocenters. The van der Waals surface area contributed by atoms with Crippen molar-refractivity contribution in [3.05, 3.63) is 23.8 Å². The molecule has 22 heavy (non-hydrogen) atoms. The van der Waals surface area contributed by atoms with Gasteiger partial charge in [-0.2, -0.15) is 0 Å². The van der Waals surface area contributed by atoms with Crippen LogP contribution in [0.3, 0.4) is 0 Å². The normalized spacial score (nSPS) is 12.3. The molecule has 3 N–H and O–H groups in total. The molecule has 0 radical (unpaired) electrons. The first-order chi connectivity index (χ1) is 10.5. The Bertz CT molecular complexity index is 470. The summed E-state index contributed by atoms with van der Waals surface area (Å²) in [5.41, 5.74) is 7.89. The molecule has 0 bridgehead atoms. The standard InChI is InChI=1S/C18H30N2O2/c1-5-14(6-2)18(21)20-16-10-9-13(11-15(19)7-3)12-17(16)22-8-4/h9-10,12,14-15H,5-8,11,19H2,1-4H3,(H,20,21). The van der Waals surface area contributed by atoms with Crippen LogP contribution in [0.5, 0.6) is 5.75 Å². The summed E-state index contributed by atoms with van der Waals surface area (Å²) >= 11 is 0. The fourth-order valence-electron chi connectivity index (χ4n) is 2.41. The lowest BCUT2D eigenvalue weighted by atomic mass is 10.0. The molecule has 124 valence electrons. The van der Waals surface area contributed by atoms with E-state index >= 15 is 0 Å². The SMILES string of the molecule is CCOc1cc(CC(N)CC)ccc1NC(=O)C(CC)CC. The van der Waals surface area contributed by atoms with Gasteiger partial charge in [0, 0.05) is 12.0 Å². The third kappa shape index (κ3) is 5.34. The number of hydrogen-bond acceptors (Lipinski definition) is 3. The minimum atomic E-state index is 0.0441. The van der Waals surface area contributed by atoms with Crippen LogP contribution in [0.15, 0.2) is 18.2 Å². The van der Waals surface area contributed by atoms with Gasteiger partial charge in [-0.15, -0.1) is 0 Å². The van der Waals surface area contributed by atoms with Crippen LogP contribution in [0.2, 0.25) is 0 Å². The van der Waals surface area contributed by atoms with Crippen LogP contribution in [0.1, 0.15) is 52.5 Å². The number of nitrogens with one attached hydrogen (secondary N) is 1. The Balaban J connectivity index is 2.91. The topological polar surface area (TPSA) is 64.3 Å². The molecule has 0 saturated heterocycles. The minimum absolute atomic E-state index is 0.0441. The summed E-state index contributed by atoms with van der Waals surface area (Å²) in [5.74, 6) is 0.828. The summed E-state index contributed by atoms with van der Waals surface area (Å²) < 4.78 is 5.69. The van der Waals surface area contributed by atoms with Gasteiger partial charge in [-0.25, -0.2) is 0 Å². The van der Waals surface area contributed by atoms with E-state index in [1.165, 1.54) is 0 Å². The molecule has 1 unspecified atom stereocenters. The first-order valence-corrected chi connectivity index (χ1v) is 8.37. The van der Waals surface area contributed by atoms with Crippen LogP contribution in [0.25, 0.3) is 0 Å². The molecule has 1 amide bonds. The van der Waals surface area contributed by atoms with E-state index in [1.54, 1.807) is 0 Å². The molecule has 1 aromatic rings. The minimum Gasteiger partial charge on any atom is -0.492 e. The molecule has 0 spiro atoms. The van der Waals surface area contributed by atoms with Crippen molar-refractivity contribution < 1.29 is 9.53 Å². The smallest absolute Gasteiger partial charge is 0.227 e. The summed E-state index contributed by atoms with van der Waals surface area (Å²) in [6.45, 7) is 8.66. The van der Waals surface area contributed by atoms with Gasteiger partial charge in [0.25, 0.3) is 0 Å². The third-order valence-corrected chi connectivity index (χ3v) is 3.98. The van der Waals surface area contributed by atoms with Gasteiger partial charge in [-0.3, -0.25) is 4.79 Å². The molecule has 0 aliphatic carbocycles. The van der Waals surface area contributed by atoms with Crippen molar-refractivity contribution in [3.63, 3.8) is 0 Å². The monoisotopic (exact) mass is 306 g/mol. The van der Waals surface area contributed by atoms with Gasteiger partial charge in [-0.05, 0) is 50.3 Å². The Hall–Kier alpha value is -1.55. The lowest BCUT2D eigenvalue weighted by Gasteiger charge is -2.17. The molecule has 1 aromatic carbocycles. The van der Waals surface area contributed by atoms with Crippen LogP contribution in [0.4, 0.5) is 5.69 Å². The number of ether oxygens (including phenoxy) is 1. The van der Waals surface area contributed by atoms with E-state index in [1.807, 2.05) is 39.0 Å². The van der Waals surface area contributed by atoms with Crippen molar-refractivity contribution in [1.82, 2.24) is 0 Å². The zero-order chi connectivity index (χ0) is 16.5. The van der Waals surface area contributed by atoms with E-state index < -0.39 is 0 Å². The number of rotatable bonds is 9. The molecule has 0 heterocycles. The predicted molar refractivity (Wildman–Crippen MR) is 92.3 cm³/mol. The number of nitrogens with two attached hydrogens (primary N) is 1. The number of amides is 1. The molecule has 4 heteroatoms. The highest BCUT2D eigenvalue weighted by Gasteiger charge is 2.16. The summed E-state index contributed by atoms with van der Waals surface area (Å²) in [5, 5.41) is 3.00. The molecule has 1 rings (SSSR count). The first kappa shape index (κ1) is 18.5. The summed E-state index contributed by atoms with van der Waals surface area (Å²) in [6, 6.07) is 6.07. The molecular formula is C18H30N2O2. The fraction of sp³-hybridized carbons (Fsp3) is 0.611. The molecule has 0 aliphatic heterocycles. The molecule has 4 nitrogen and oxygen atoms in total. The van der Waals surface area contributed by atoms with Crippen molar-refractivity contribution >= 4 is 11.6 Å². The van der Waals surface area contributed by atoms with E-state index in [0.29, 0.717) is 6.61 Å². The Kier molecular flexibility index (Phi) is 7.96. The summed E-state index contributed by atoms with van der Waals surface area (Å²) in [4.78, 5) is 12.3. The van der Waals surface area contributed by atoms with Crippen molar-refractivity contribution in [1.29, 1.82) is 0 Å². The lowest BCUT2D eigenvalue weighted by Crippen LogP contribution is -2.23. The highest BCUT2D eigenvalue weighted by Crippen LogP contribution is 2.27. The van der Waals surface area contributed by atoms with Crippen LogP contribution in [-0.2, 0) is 11.2 Å². The third-order valence-electron chi connectivity index (χ3n) is 3.98. The van der Waals surface area contributed by atoms with Gasteiger partial charge in [0.05, 0.1) is 12.3 Å². The average Bonchev–Trinajstić information content (AvgIpc) is 2.51. The van der Waals surface area contributed by atoms with E-state index in [0.717, 1.165) is 42.7 Å². The Morgan fingerprint density at radius 2 is 1.86 bits per heavy atom. The number of benzene rings is 1. The van der Waals surface area contributed by atoms with Crippen molar-refractivity contribution in [3.8, 4) is 5.75 Å². The van der Waals surface area contributed by atoms with Crippen molar-refractivity contribution in [2.45, 2.75) is 59.4 Å². The van der Waals surface area contributed by atoms with E-state index in [9.17, 15) is 4.79 Å². The van der Waals surface area contributed by atoms with Crippen LogP contribution < -0.4 is 15.8 Å². The molecule has 0 fully saturated rings. The molecule has 0 aliphatic rings. The maximum atomic E-state index is 12.3. The van der Waals surface area contributed by atoms with Crippen LogP contribution in [-0.4, -0.2) is 18.6 Å². The van der Waals surface area contributed by atoms with Crippen LogP contribution in [0, 0.1) is 5.92 Å². The van der Waals surface area contributed by atoms with Crippen LogP contribution >= 0.6 is 0 Å². The van der Waals surface area contributed by atoms with Gasteiger partial charge < -0.3 is 15.8 Å². The van der Waals surface area contributed by atoms with Gasteiger partial charge in [-0.1, -0.05) is 26.8 Å². The highest BCUT2D eigenvalue weighted by molar-refractivity contribution is 5.93. The van der Waals surface area contributed by atoms with Gasteiger partial charge >= 0.3 is 0 Å². The maximum Gasteiger partial charge on any atom is 0.227 e. The molecular weight excluding hydrogens is 276 g/mol. The zero-order valence-electron chi connectivity index (χ0n) is 14.3. The average molecular weight is 306 g/mol. The van der Waals surface area contributed by atoms with Crippen molar-refractivity contribution in [2.24, 2.45) is 11.7 Å². The Labute approximate surface area is 134 Å². The largest absolute Gasteiger partial charge is 0.492 e. The van der Waals surface area contributed by atoms with Gasteiger partial charge in [0.2, 0.25) is 5.91 Å². The lowest BCUT2D eigenvalue weighted by molar-refractivity contribution is -0.120. The second-order valence-electron chi connectivity index (χ2n) is 5.64. The number of hydrogen-bond donors (Lipinski definition) is 2. The quantitative estimate of drug-likeness (QED) is 0.730. The highest BCUT2D eigenvalue weighted by atomic mass is 16.5. The summed E-state index contributed by atoms with van der Waals surface area (Å²) in [6.07, 6.45) is 3.44. The van der Waals surface area contributed by atoms with Gasteiger partial charge in [0.15, 0.2) is 0 Å². The van der Waals surface area contributed by atoms with Crippen molar-refractivity contribution in [2.75, 3.05) is 11.9 Å². The first-order valence-electron chi connectivity index (χ1n) is 8.37. The van der Waals surface area contributed by atoms with E-state index in [-0.39, 0.29) is 17.9 Å². The predicted octanol–water partition coefficient (Wildman–Crippen LogP) is 3.74. The number of anilines is 1. The zero-order valence-corrected chi connectivity index (χ0v) is 14.3. The second-order valence-corrected chi connectivity index (χ2v) is 5.64. The van der Waals surface area contributed by atoms with Gasteiger partial charge in [0.1, 0.15) is 5.75 Å². The molecule has 0 saturated carbocycles. The summed E-state index contributed by atoms with van der Waals surface area (Å²) in [7, 11) is 0. The number of carbonyl (C=O) groups is 1. The Morgan fingerprint density at radius 3 is 2.41 bits per heavy atom. The maximum absolute atomic E-state index is 12.3. The Morgan fingerprint density at radius 1 is 1.18 bits per heavy atom. The fourth-order valence-corrected chi connectivity index (χ4v) is 2.41. The number of carbonyl (C=O) groups excluding carboxylic acids is 1. The molecule has 0 aromatic heterocycles. The second kappa shape index (κ2) is 9.46. The van der Waals surface area contributed by atoms with E-state index in [4.69, 9.17) is 10.5 Å².